The molecule has 0 amide bonds. The normalized spacial score (nSPS) is 14.0. The molecule has 1 aromatic heterocycles. The lowest BCUT2D eigenvalue weighted by Crippen LogP contribution is -2.47. The van der Waals surface area contributed by atoms with Gasteiger partial charge in [0.2, 0.25) is 0 Å². The van der Waals surface area contributed by atoms with Gasteiger partial charge >= 0.3 is 5.97 Å². The molecular weight excluding hydrogens is 268 g/mol. The Balaban J connectivity index is 3.01. The highest BCUT2D eigenvalue weighted by Gasteiger charge is 2.35. The average molecular weight is 279 g/mol. The van der Waals surface area contributed by atoms with Crippen LogP contribution in [0.2, 0.25) is 0 Å². The van der Waals surface area contributed by atoms with E-state index in [0.29, 0.717) is 5.69 Å². The van der Waals surface area contributed by atoms with E-state index in [1.807, 2.05) is 5.38 Å². The fourth-order valence-electron chi connectivity index (χ4n) is 1.02. The quantitative estimate of drug-likeness (QED) is 0.881. The van der Waals surface area contributed by atoms with Crippen LogP contribution in [0.3, 0.4) is 0 Å². The second-order valence-corrected chi connectivity index (χ2v) is 5.66. The Hall–Kier alpha value is -0.460. The van der Waals surface area contributed by atoms with Gasteiger partial charge in [0.1, 0.15) is 6.04 Å². The molecule has 0 saturated heterocycles. The van der Waals surface area contributed by atoms with Crippen LogP contribution < -0.4 is 5.73 Å². The van der Waals surface area contributed by atoms with Crippen LogP contribution in [-0.4, -0.2) is 22.1 Å². The van der Waals surface area contributed by atoms with E-state index in [9.17, 15) is 4.79 Å². The number of carbonyl (C=O) groups is 1. The van der Waals surface area contributed by atoms with Crippen molar-refractivity contribution in [2.75, 3.05) is 0 Å². The fraction of sp³-hybridized carbons (Fsp3) is 0.500. The third-order valence-electron chi connectivity index (χ3n) is 2.18. The van der Waals surface area contributed by atoms with Gasteiger partial charge in [-0.25, -0.2) is 4.98 Å². The number of thiazole rings is 1. The van der Waals surface area contributed by atoms with Gasteiger partial charge in [0.25, 0.3) is 0 Å². The van der Waals surface area contributed by atoms with E-state index in [1.165, 1.54) is 11.3 Å². The monoisotopic (exact) mass is 278 g/mol. The fourth-order valence-corrected chi connectivity index (χ4v) is 2.20. The number of halogens is 1. The molecule has 0 saturated carbocycles. The lowest BCUT2D eigenvalue weighted by molar-refractivity contribution is -0.140. The lowest BCUT2D eigenvalue weighted by Gasteiger charge is -2.26. The molecule has 4 nitrogen and oxygen atoms in total. The summed E-state index contributed by atoms with van der Waals surface area (Å²) in [5.41, 5.74) is 5.63. The first-order chi connectivity index (χ1) is 6.35. The molecule has 78 valence electrons. The predicted molar refractivity (Wildman–Crippen MR) is 58.5 cm³/mol. The van der Waals surface area contributed by atoms with Crippen molar-refractivity contribution in [1.29, 1.82) is 0 Å². The summed E-state index contributed by atoms with van der Waals surface area (Å²) in [6.07, 6.45) is 0. The molecule has 0 radical (unpaired) electrons. The molecule has 0 bridgehead atoms. The number of nitrogens with zero attached hydrogens (tertiary/aromatic N) is 1. The van der Waals surface area contributed by atoms with E-state index in [1.54, 1.807) is 13.8 Å². The molecule has 0 aliphatic carbocycles. The summed E-state index contributed by atoms with van der Waals surface area (Å²) in [7, 11) is 0. The molecule has 3 N–H and O–H groups in total. The van der Waals surface area contributed by atoms with Gasteiger partial charge in [-0.1, -0.05) is 13.8 Å². The van der Waals surface area contributed by atoms with Gasteiger partial charge in [0.05, 0.1) is 5.69 Å². The number of carboxylic acids is 1. The average Bonchev–Trinajstić information content (AvgIpc) is 2.50. The van der Waals surface area contributed by atoms with E-state index < -0.39 is 17.4 Å². The molecule has 1 aromatic rings. The smallest absolute Gasteiger partial charge is 0.321 e. The highest BCUT2D eigenvalue weighted by Crippen LogP contribution is 2.29. The van der Waals surface area contributed by atoms with E-state index in [4.69, 9.17) is 10.8 Å². The van der Waals surface area contributed by atoms with Gasteiger partial charge < -0.3 is 10.8 Å². The van der Waals surface area contributed by atoms with Crippen molar-refractivity contribution >= 4 is 33.2 Å². The molecule has 0 spiro atoms. The molecule has 1 unspecified atom stereocenters. The lowest BCUT2D eigenvalue weighted by atomic mass is 9.82. The Bertz CT molecular complexity index is 351. The van der Waals surface area contributed by atoms with Crippen LogP contribution in [-0.2, 0) is 10.2 Å². The van der Waals surface area contributed by atoms with Crippen molar-refractivity contribution < 1.29 is 9.90 Å². The number of hydrogen-bond donors (Lipinski definition) is 2. The molecule has 0 aromatic carbocycles. The van der Waals surface area contributed by atoms with Crippen LogP contribution in [0.1, 0.15) is 19.5 Å². The first-order valence-electron chi connectivity index (χ1n) is 3.95. The first-order valence-corrected chi connectivity index (χ1v) is 5.63. The number of nitrogens with two attached hydrogens (primary N) is 1. The van der Waals surface area contributed by atoms with Gasteiger partial charge in [-0.2, -0.15) is 0 Å². The maximum atomic E-state index is 10.8. The predicted octanol–water partition coefficient (Wildman–Crippen LogP) is 1.60. The SMILES string of the molecule is CC(C)(c1csc(Br)n1)C(N)C(=O)O. The minimum atomic E-state index is -1.01. The van der Waals surface area contributed by atoms with Gasteiger partial charge in [0, 0.05) is 10.8 Å². The Kier molecular flexibility index (Phi) is 3.28. The second kappa shape index (κ2) is 3.96. The summed E-state index contributed by atoms with van der Waals surface area (Å²) in [4.78, 5) is 14.9. The first kappa shape index (κ1) is 11.6. The Morgan fingerprint density at radius 1 is 1.79 bits per heavy atom. The Morgan fingerprint density at radius 2 is 2.36 bits per heavy atom. The summed E-state index contributed by atoms with van der Waals surface area (Å²) < 4.78 is 0.734. The van der Waals surface area contributed by atoms with E-state index in [0.717, 1.165) is 3.92 Å². The molecule has 1 rings (SSSR count). The Morgan fingerprint density at radius 3 is 2.71 bits per heavy atom. The van der Waals surface area contributed by atoms with Crippen LogP contribution in [0.15, 0.2) is 9.30 Å². The molecule has 0 aliphatic heterocycles. The minimum Gasteiger partial charge on any atom is -0.480 e. The van der Waals surface area contributed by atoms with Crippen LogP contribution >= 0.6 is 27.3 Å². The van der Waals surface area contributed by atoms with Crippen molar-refractivity contribution in [3.63, 3.8) is 0 Å². The molecule has 6 heteroatoms. The number of carboxylic acid groups (broad SMARTS) is 1. The number of aliphatic carboxylic acids is 1. The van der Waals surface area contributed by atoms with Crippen molar-refractivity contribution in [3.05, 3.63) is 15.0 Å². The summed E-state index contributed by atoms with van der Waals surface area (Å²) in [5, 5.41) is 10.6. The highest BCUT2D eigenvalue weighted by molar-refractivity contribution is 9.11. The van der Waals surface area contributed by atoms with Crippen LogP contribution in [0.5, 0.6) is 0 Å². The molecule has 1 heterocycles. The van der Waals surface area contributed by atoms with Crippen molar-refractivity contribution in [2.24, 2.45) is 5.73 Å². The van der Waals surface area contributed by atoms with Crippen molar-refractivity contribution in [2.45, 2.75) is 25.3 Å². The maximum Gasteiger partial charge on any atom is 0.321 e. The van der Waals surface area contributed by atoms with E-state index in [2.05, 4.69) is 20.9 Å². The number of hydrogen-bond acceptors (Lipinski definition) is 4. The number of rotatable bonds is 3. The maximum absolute atomic E-state index is 10.8. The molecule has 14 heavy (non-hydrogen) atoms. The third-order valence-corrected chi connectivity index (χ3v) is 3.54. The minimum absolute atomic E-state index is 0.658. The highest BCUT2D eigenvalue weighted by atomic mass is 79.9. The van der Waals surface area contributed by atoms with Crippen molar-refractivity contribution in [3.8, 4) is 0 Å². The molecule has 1 atom stereocenters. The zero-order valence-electron chi connectivity index (χ0n) is 7.82. The zero-order valence-corrected chi connectivity index (χ0v) is 10.2. The summed E-state index contributed by atoms with van der Waals surface area (Å²) in [5.74, 6) is -1.01. The molecule has 0 aliphatic rings. The standard InChI is InChI=1S/C8H11BrN2O2S/c1-8(2,5(10)6(12)13)4-3-14-7(9)11-4/h3,5H,10H2,1-2H3,(H,12,13). The topological polar surface area (TPSA) is 76.2 Å². The third kappa shape index (κ3) is 2.13. The zero-order chi connectivity index (χ0) is 10.9. The van der Waals surface area contributed by atoms with Gasteiger partial charge in [-0.05, 0) is 15.9 Å². The van der Waals surface area contributed by atoms with Gasteiger partial charge in [0.15, 0.2) is 3.92 Å². The largest absolute Gasteiger partial charge is 0.480 e. The molecule has 0 fully saturated rings. The Labute approximate surface area is 94.3 Å². The molecular formula is C8H11BrN2O2S. The van der Waals surface area contributed by atoms with Gasteiger partial charge in [-0.3, -0.25) is 4.79 Å². The number of aromatic nitrogens is 1. The second-order valence-electron chi connectivity index (χ2n) is 3.52. The van der Waals surface area contributed by atoms with E-state index >= 15 is 0 Å². The van der Waals surface area contributed by atoms with Gasteiger partial charge in [-0.15, -0.1) is 11.3 Å². The summed E-state index contributed by atoms with van der Waals surface area (Å²) in [6, 6.07) is -0.948. The van der Waals surface area contributed by atoms with Crippen molar-refractivity contribution in [1.82, 2.24) is 4.98 Å². The van der Waals surface area contributed by atoms with E-state index in [-0.39, 0.29) is 0 Å². The van der Waals surface area contributed by atoms with Crippen LogP contribution in [0.25, 0.3) is 0 Å². The summed E-state index contributed by atoms with van der Waals surface area (Å²) in [6.45, 7) is 3.54. The van der Waals surface area contributed by atoms with Crippen LogP contribution in [0.4, 0.5) is 0 Å². The summed E-state index contributed by atoms with van der Waals surface area (Å²) >= 11 is 4.65. The van der Waals surface area contributed by atoms with Crippen LogP contribution in [0, 0.1) is 0 Å².